The van der Waals surface area contributed by atoms with Crippen molar-refractivity contribution in [1.82, 2.24) is 5.32 Å². The molecule has 0 fully saturated rings. The van der Waals surface area contributed by atoms with E-state index in [2.05, 4.69) is 16.6 Å². The maximum absolute atomic E-state index is 10.7. The van der Waals surface area contributed by atoms with Crippen LogP contribution in [-0.4, -0.2) is 32.2 Å². The first-order chi connectivity index (χ1) is 5.31. The molecule has 0 saturated heterocycles. The van der Waals surface area contributed by atoms with Gasteiger partial charge in [0.1, 0.15) is 6.61 Å². The summed E-state index contributed by atoms with van der Waals surface area (Å²) in [5.41, 5.74) is 5.12. The third-order valence-corrected chi connectivity index (χ3v) is 0.939. The number of esters is 1. The van der Waals surface area contributed by atoms with Gasteiger partial charge in [-0.15, -0.1) is 6.58 Å². The zero-order valence-electron chi connectivity index (χ0n) is 6.51. The van der Waals surface area contributed by atoms with Gasteiger partial charge in [-0.2, -0.15) is 0 Å². The standard InChI is InChI=1S/C7H14N2O2/c1-2-4-9-6-7(10)11-5-3-8/h2,9H,1,3-6,8H2. The second-order valence-electron chi connectivity index (χ2n) is 1.93. The highest BCUT2D eigenvalue weighted by Crippen LogP contribution is 1.74. The molecule has 0 bridgehead atoms. The Morgan fingerprint density at radius 1 is 1.73 bits per heavy atom. The minimum absolute atomic E-state index is 0.214. The van der Waals surface area contributed by atoms with E-state index in [9.17, 15) is 4.79 Å². The molecule has 0 aromatic rings. The quantitative estimate of drug-likeness (QED) is 0.304. The van der Waals surface area contributed by atoms with E-state index in [4.69, 9.17) is 5.73 Å². The molecule has 0 heterocycles. The fourth-order valence-corrected chi connectivity index (χ4v) is 0.500. The van der Waals surface area contributed by atoms with Crippen molar-refractivity contribution in [3.63, 3.8) is 0 Å². The van der Waals surface area contributed by atoms with Gasteiger partial charge in [0.15, 0.2) is 0 Å². The van der Waals surface area contributed by atoms with Crippen molar-refractivity contribution in [3.8, 4) is 0 Å². The lowest BCUT2D eigenvalue weighted by Gasteiger charge is -2.02. The summed E-state index contributed by atoms with van der Waals surface area (Å²) in [7, 11) is 0. The van der Waals surface area contributed by atoms with Crippen LogP contribution in [0.1, 0.15) is 0 Å². The molecule has 0 aliphatic carbocycles. The third kappa shape index (κ3) is 7.02. The van der Waals surface area contributed by atoms with Gasteiger partial charge >= 0.3 is 5.97 Å². The largest absolute Gasteiger partial charge is 0.463 e. The monoisotopic (exact) mass is 158 g/mol. The van der Waals surface area contributed by atoms with Gasteiger partial charge in [0.25, 0.3) is 0 Å². The molecule has 0 aromatic carbocycles. The molecule has 3 N–H and O–H groups in total. The van der Waals surface area contributed by atoms with Crippen molar-refractivity contribution in [2.24, 2.45) is 5.73 Å². The van der Waals surface area contributed by atoms with Gasteiger partial charge in [-0.1, -0.05) is 6.08 Å². The summed E-state index contributed by atoms with van der Waals surface area (Å²) in [5, 5.41) is 2.81. The molecule has 0 aliphatic heterocycles. The number of nitrogens with two attached hydrogens (primary N) is 1. The van der Waals surface area contributed by atoms with Gasteiger partial charge in [0.05, 0.1) is 6.54 Å². The Hall–Kier alpha value is -0.870. The summed E-state index contributed by atoms with van der Waals surface area (Å²) < 4.78 is 4.68. The zero-order chi connectivity index (χ0) is 8.53. The average molecular weight is 158 g/mol. The molecule has 0 spiro atoms. The molecule has 0 amide bonds. The van der Waals surface area contributed by atoms with Crippen LogP contribution in [0.4, 0.5) is 0 Å². The predicted octanol–water partition coefficient (Wildman–Crippen LogP) is -0.736. The SMILES string of the molecule is C=CCNCC(=O)OCCN. The van der Waals surface area contributed by atoms with Crippen LogP contribution in [0.3, 0.4) is 0 Å². The zero-order valence-corrected chi connectivity index (χ0v) is 6.51. The van der Waals surface area contributed by atoms with E-state index in [1.165, 1.54) is 0 Å². The molecule has 4 nitrogen and oxygen atoms in total. The molecular formula is C7H14N2O2. The highest BCUT2D eigenvalue weighted by Gasteiger charge is 1.98. The van der Waals surface area contributed by atoms with Crippen molar-refractivity contribution >= 4 is 5.97 Å². The van der Waals surface area contributed by atoms with E-state index < -0.39 is 0 Å². The minimum atomic E-state index is -0.280. The summed E-state index contributed by atoms with van der Waals surface area (Å²) in [6, 6.07) is 0. The lowest BCUT2D eigenvalue weighted by Crippen LogP contribution is -2.26. The number of carbonyl (C=O) groups excluding carboxylic acids is 1. The van der Waals surface area contributed by atoms with Crippen LogP contribution in [0.15, 0.2) is 12.7 Å². The normalized spacial score (nSPS) is 9.18. The molecule has 0 aliphatic rings. The van der Waals surface area contributed by atoms with Gasteiger partial charge in [-0.05, 0) is 0 Å². The van der Waals surface area contributed by atoms with Crippen LogP contribution >= 0.6 is 0 Å². The maximum Gasteiger partial charge on any atom is 0.319 e. The number of nitrogens with one attached hydrogen (secondary N) is 1. The van der Waals surface area contributed by atoms with Crippen LogP contribution in [0.25, 0.3) is 0 Å². The first kappa shape index (κ1) is 10.1. The van der Waals surface area contributed by atoms with Crippen molar-refractivity contribution in [2.45, 2.75) is 0 Å². The minimum Gasteiger partial charge on any atom is -0.463 e. The lowest BCUT2D eigenvalue weighted by atomic mass is 10.5. The summed E-state index contributed by atoms with van der Waals surface area (Å²) >= 11 is 0. The second-order valence-corrected chi connectivity index (χ2v) is 1.93. The van der Waals surface area contributed by atoms with Crippen LogP contribution in [0.5, 0.6) is 0 Å². The topological polar surface area (TPSA) is 64.3 Å². The van der Waals surface area contributed by atoms with E-state index in [0.717, 1.165) is 0 Å². The summed E-state index contributed by atoms with van der Waals surface area (Å²) in [5.74, 6) is -0.280. The van der Waals surface area contributed by atoms with E-state index in [0.29, 0.717) is 13.1 Å². The number of carbonyl (C=O) groups is 1. The molecule has 0 aromatic heterocycles. The summed E-state index contributed by atoms with van der Waals surface area (Å²) in [6.07, 6.45) is 1.68. The molecule has 4 heteroatoms. The van der Waals surface area contributed by atoms with E-state index in [-0.39, 0.29) is 19.1 Å². The van der Waals surface area contributed by atoms with Crippen molar-refractivity contribution < 1.29 is 9.53 Å². The summed E-state index contributed by atoms with van der Waals surface area (Å²) in [6.45, 7) is 4.96. The first-order valence-electron chi connectivity index (χ1n) is 3.48. The van der Waals surface area contributed by atoms with Crippen molar-refractivity contribution in [3.05, 3.63) is 12.7 Å². The molecule has 0 rings (SSSR count). The first-order valence-corrected chi connectivity index (χ1v) is 3.48. The molecule has 11 heavy (non-hydrogen) atoms. The second kappa shape index (κ2) is 7.24. The Kier molecular flexibility index (Phi) is 6.67. The highest BCUT2D eigenvalue weighted by atomic mass is 16.5. The van der Waals surface area contributed by atoms with Crippen LogP contribution in [0.2, 0.25) is 0 Å². The number of hydrogen-bond acceptors (Lipinski definition) is 4. The molecule has 0 atom stereocenters. The number of rotatable bonds is 6. The Balaban J connectivity index is 3.15. The predicted molar refractivity (Wildman–Crippen MR) is 43.1 cm³/mol. The van der Waals surface area contributed by atoms with Crippen LogP contribution < -0.4 is 11.1 Å². The van der Waals surface area contributed by atoms with Gasteiger partial charge in [0, 0.05) is 13.1 Å². The fourth-order valence-electron chi connectivity index (χ4n) is 0.500. The van der Waals surface area contributed by atoms with Gasteiger partial charge < -0.3 is 15.8 Å². The van der Waals surface area contributed by atoms with Gasteiger partial charge in [-0.3, -0.25) is 4.79 Å². The third-order valence-electron chi connectivity index (χ3n) is 0.939. The molecule has 0 unspecified atom stereocenters. The Labute approximate surface area is 66.4 Å². The Morgan fingerprint density at radius 2 is 2.45 bits per heavy atom. The Bertz CT molecular complexity index is 126. The summed E-state index contributed by atoms with van der Waals surface area (Å²) in [4.78, 5) is 10.7. The van der Waals surface area contributed by atoms with Crippen LogP contribution in [-0.2, 0) is 9.53 Å². The smallest absolute Gasteiger partial charge is 0.319 e. The van der Waals surface area contributed by atoms with Gasteiger partial charge in [0.2, 0.25) is 0 Å². The fraction of sp³-hybridized carbons (Fsp3) is 0.571. The molecule has 0 radical (unpaired) electrons. The lowest BCUT2D eigenvalue weighted by molar-refractivity contribution is -0.142. The van der Waals surface area contributed by atoms with Gasteiger partial charge in [-0.25, -0.2) is 0 Å². The molecular weight excluding hydrogens is 144 g/mol. The highest BCUT2D eigenvalue weighted by molar-refractivity contribution is 5.71. The molecule has 0 saturated carbocycles. The van der Waals surface area contributed by atoms with E-state index >= 15 is 0 Å². The van der Waals surface area contributed by atoms with Crippen LogP contribution in [0, 0.1) is 0 Å². The maximum atomic E-state index is 10.7. The molecule has 64 valence electrons. The number of ether oxygens (including phenoxy) is 1. The van der Waals surface area contributed by atoms with Crippen molar-refractivity contribution in [1.29, 1.82) is 0 Å². The van der Waals surface area contributed by atoms with E-state index in [1.807, 2.05) is 0 Å². The number of hydrogen-bond donors (Lipinski definition) is 2. The Morgan fingerprint density at radius 3 is 3.00 bits per heavy atom. The van der Waals surface area contributed by atoms with E-state index in [1.54, 1.807) is 6.08 Å². The van der Waals surface area contributed by atoms with Crippen molar-refractivity contribution in [2.75, 3.05) is 26.2 Å². The average Bonchev–Trinajstić information content (AvgIpc) is 2.01.